The van der Waals surface area contributed by atoms with E-state index in [1.54, 1.807) is 0 Å². The van der Waals surface area contributed by atoms with Gasteiger partial charge in [-0.1, -0.05) is 19.0 Å². The van der Waals surface area contributed by atoms with E-state index in [0.29, 0.717) is 24.8 Å². The molecule has 1 fully saturated rings. The molecule has 0 unspecified atom stereocenters. The van der Waals surface area contributed by atoms with E-state index < -0.39 is 9.84 Å². The zero-order chi connectivity index (χ0) is 14.0. The van der Waals surface area contributed by atoms with Crippen molar-refractivity contribution in [1.29, 1.82) is 0 Å². The highest BCUT2D eigenvalue weighted by molar-refractivity contribution is 7.91. The zero-order valence-electron chi connectivity index (χ0n) is 11.7. The Balaban J connectivity index is 1.92. The lowest BCUT2D eigenvalue weighted by atomic mass is 10.1. The molecule has 1 aromatic heterocycles. The maximum Gasteiger partial charge on any atom is 0.240 e. The molecule has 0 bridgehead atoms. The summed E-state index contributed by atoms with van der Waals surface area (Å²) in [6.07, 6.45) is 1.48. The summed E-state index contributed by atoms with van der Waals surface area (Å²) >= 11 is 0. The molecule has 1 atom stereocenters. The van der Waals surface area contributed by atoms with Crippen LogP contribution in [-0.4, -0.2) is 48.1 Å². The van der Waals surface area contributed by atoms with Gasteiger partial charge in [0.05, 0.1) is 18.1 Å². The van der Waals surface area contributed by atoms with Gasteiger partial charge in [-0.15, -0.1) is 0 Å². The normalized spacial score (nSPS) is 22.5. The fourth-order valence-electron chi connectivity index (χ4n) is 2.27. The highest BCUT2D eigenvalue weighted by atomic mass is 32.2. The molecule has 0 aliphatic carbocycles. The summed E-state index contributed by atoms with van der Waals surface area (Å²) in [5.74, 6) is 2.28. The van der Waals surface area contributed by atoms with Crippen LogP contribution in [0.25, 0.3) is 0 Å². The Kier molecular flexibility index (Phi) is 4.25. The van der Waals surface area contributed by atoms with Crippen molar-refractivity contribution >= 4 is 9.84 Å². The molecule has 1 aromatic rings. The highest BCUT2D eigenvalue weighted by Gasteiger charge is 2.31. The molecular weight excluding hydrogens is 266 g/mol. The molecule has 19 heavy (non-hydrogen) atoms. The summed E-state index contributed by atoms with van der Waals surface area (Å²) in [5, 5.41) is 3.93. The fourth-order valence-corrected chi connectivity index (χ4v) is 4.07. The molecule has 108 valence electrons. The van der Waals surface area contributed by atoms with Crippen molar-refractivity contribution in [3.8, 4) is 0 Å². The van der Waals surface area contributed by atoms with Gasteiger partial charge in [0.2, 0.25) is 5.89 Å². The monoisotopic (exact) mass is 287 g/mol. The molecule has 1 saturated heterocycles. The lowest BCUT2D eigenvalue weighted by Gasteiger charge is -2.20. The van der Waals surface area contributed by atoms with Crippen molar-refractivity contribution in [3.05, 3.63) is 11.7 Å². The van der Waals surface area contributed by atoms with Crippen molar-refractivity contribution in [1.82, 2.24) is 15.0 Å². The Hall–Kier alpha value is -0.950. The molecule has 0 amide bonds. The van der Waals surface area contributed by atoms with Gasteiger partial charge in [-0.25, -0.2) is 8.42 Å². The van der Waals surface area contributed by atoms with E-state index in [0.717, 1.165) is 12.2 Å². The molecule has 0 spiro atoms. The van der Waals surface area contributed by atoms with E-state index in [9.17, 15) is 8.42 Å². The third kappa shape index (κ3) is 4.01. The van der Waals surface area contributed by atoms with E-state index in [4.69, 9.17) is 4.52 Å². The van der Waals surface area contributed by atoms with Crippen LogP contribution in [0.2, 0.25) is 0 Å². The molecule has 6 nitrogen and oxygen atoms in total. The maximum absolute atomic E-state index is 11.4. The van der Waals surface area contributed by atoms with Gasteiger partial charge in [0, 0.05) is 12.5 Å². The summed E-state index contributed by atoms with van der Waals surface area (Å²) in [4.78, 5) is 6.31. The largest absolute Gasteiger partial charge is 0.338 e. The van der Waals surface area contributed by atoms with Gasteiger partial charge in [0.15, 0.2) is 15.7 Å². The Bertz CT molecular complexity index is 524. The van der Waals surface area contributed by atoms with Gasteiger partial charge in [-0.05, 0) is 19.4 Å². The van der Waals surface area contributed by atoms with Crippen molar-refractivity contribution in [2.24, 2.45) is 5.92 Å². The van der Waals surface area contributed by atoms with Crippen molar-refractivity contribution < 1.29 is 12.9 Å². The molecule has 2 heterocycles. The number of aromatic nitrogens is 2. The van der Waals surface area contributed by atoms with Crippen LogP contribution in [-0.2, 0) is 22.8 Å². The van der Waals surface area contributed by atoms with Crippen LogP contribution in [0.15, 0.2) is 4.52 Å². The Morgan fingerprint density at radius 2 is 2.21 bits per heavy atom. The van der Waals surface area contributed by atoms with Gasteiger partial charge in [0.25, 0.3) is 0 Å². The van der Waals surface area contributed by atoms with Crippen molar-refractivity contribution in [3.63, 3.8) is 0 Å². The van der Waals surface area contributed by atoms with E-state index in [1.807, 2.05) is 11.9 Å². The average Bonchev–Trinajstić information content (AvgIpc) is 2.84. The smallest absolute Gasteiger partial charge is 0.240 e. The summed E-state index contributed by atoms with van der Waals surface area (Å²) in [6, 6.07) is 0.0606. The van der Waals surface area contributed by atoms with Crippen LogP contribution in [0.3, 0.4) is 0 Å². The van der Waals surface area contributed by atoms with E-state index in [-0.39, 0.29) is 17.5 Å². The first-order valence-corrected chi connectivity index (χ1v) is 8.40. The van der Waals surface area contributed by atoms with Gasteiger partial charge in [0.1, 0.15) is 0 Å². The second-order valence-electron chi connectivity index (χ2n) is 5.67. The highest BCUT2D eigenvalue weighted by Crippen LogP contribution is 2.18. The quantitative estimate of drug-likeness (QED) is 0.800. The van der Waals surface area contributed by atoms with Crippen LogP contribution >= 0.6 is 0 Å². The minimum absolute atomic E-state index is 0.0606. The van der Waals surface area contributed by atoms with Crippen molar-refractivity contribution in [2.45, 2.75) is 39.3 Å². The summed E-state index contributed by atoms with van der Waals surface area (Å²) in [5.41, 5.74) is 0. The predicted octanol–water partition coefficient (Wildman–Crippen LogP) is 0.887. The summed E-state index contributed by atoms with van der Waals surface area (Å²) < 4.78 is 28.1. The van der Waals surface area contributed by atoms with E-state index in [1.165, 1.54) is 0 Å². The first-order valence-electron chi connectivity index (χ1n) is 6.58. The Morgan fingerprint density at radius 3 is 2.79 bits per heavy atom. The van der Waals surface area contributed by atoms with Crippen molar-refractivity contribution in [2.75, 3.05) is 18.6 Å². The predicted molar refractivity (Wildman–Crippen MR) is 71.4 cm³/mol. The standard InChI is InChI=1S/C12H21N3O3S/c1-9(2)6-11-13-12(18-14-11)7-15(3)10-4-5-19(16,17)8-10/h9-10H,4-8H2,1-3H3/t10-/m0/s1. The van der Waals surface area contributed by atoms with Crippen LogP contribution < -0.4 is 0 Å². The summed E-state index contributed by atoms with van der Waals surface area (Å²) in [6.45, 7) is 4.71. The molecule has 1 aliphatic heterocycles. The average molecular weight is 287 g/mol. The SMILES string of the molecule is CC(C)Cc1noc(CN(C)[C@H]2CCS(=O)(=O)C2)n1. The van der Waals surface area contributed by atoms with Crippen LogP contribution in [0, 0.1) is 5.92 Å². The van der Waals surface area contributed by atoms with Crippen LogP contribution in [0.5, 0.6) is 0 Å². The minimum atomic E-state index is -2.85. The zero-order valence-corrected chi connectivity index (χ0v) is 12.5. The lowest BCUT2D eigenvalue weighted by Crippen LogP contribution is -2.32. The molecule has 0 aromatic carbocycles. The Labute approximate surface area is 114 Å². The van der Waals surface area contributed by atoms with E-state index >= 15 is 0 Å². The second-order valence-corrected chi connectivity index (χ2v) is 7.90. The maximum atomic E-state index is 11.4. The van der Waals surface area contributed by atoms with Gasteiger partial charge < -0.3 is 4.52 Å². The molecule has 2 rings (SSSR count). The van der Waals surface area contributed by atoms with Crippen LogP contribution in [0.4, 0.5) is 0 Å². The number of hydrogen-bond donors (Lipinski definition) is 0. The number of hydrogen-bond acceptors (Lipinski definition) is 6. The van der Waals surface area contributed by atoms with E-state index in [2.05, 4.69) is 24.0 Å². The first kappa shape index (κ1) is 14.5. The summed E-state index contributed by atoms with van der Waals surface area (Å²) in [7, 11) is -0.951. The van der Waals surface area contributed by atoms with Crippen LogP contribution in [0.1, 0.15) is 32.0 Å². The second kappa shape index (κ2) is 5.58. The lowest BCUT2D eigenvalue weighted by molar-refractivity contribution is 0.217. The number of rotatable bonds is 5. The van der Waals surface area contributed by atoms with Gasteiger partial charge in [-0.2, -0.15) is 4.98 Å². The fraction of sp³-hybridized carbons (Fsp3) is 0.833. The molecule has 1 aliphatic rings. The molecule has 0 saturated carbocycles. The molecule has 7 heteroatoms. The topological polar surface area (TPSA) is 76.3 Å². The van der Waals surface area contributed by atoms with Gasteiger partial charge in [-0.3, -0.25) is 4.90 Å². The third-order valence-electron chi connectivity index (χ3n) is 3.32. The van der Waals surface area contributed by atoms with Gasteiger partial charge >= 0.3 is 0 Å². The molecular formula is C12H21N3O3S. The first-order chi connectivity index (χ1) is 8.85. The Morgan fingerprint density at radius 1 is 1.47 bits per heavy atom. The minimum Gasteiger partial charge on any atom is -0.338 e. The molecule has 0 N–H and O–H groups in total. The molecule has 0 radical (unpaired) electrons. The number of sulfone groups is 1. The number of nitrogens with zero attached hydrogens (tertiary/aromatic N) is 3. The third-order valence-corrected chi connectivity index (χ3v) is 5.07.